The maximum absolute atomic E-state index is 11.7. The van der Waals surface area contributed by atoms with Crippen LogP contribution in [-0.4, -0.2) is 32.3 Å². The highest BCUT2D eigenvalue weighted by Gasteiger charge is 2.20. The van der Waals surface area contributed by atoms with Gasteiger partial charge >= 0.3 is 0 Å². The van der Waals surface area contributed by atoms with Crippen LogP contribution in [0.4, 0.5) is 4.39 Å². The summed E-state index contributed by atoms with van der Waals surface area (Å²) in [7, 11) is 0. The van der Waals surface area contributed by atoms with Crippen LogP contribution in [0.25, 0.3) is 0 Å². The third kappa shape index (κ3) is 2.77. The summed E-state index contributed by atoms with van der Waals surface area (Å²) in [6.45, 7) is 0.937. The molecule has 3 nitrogen and oxygen atoms in total. The van der Waals surface area contributed by atoms with Crippen LogP contribution in [-0.2, 0) is 9.53 Å². The molecule has 1 rings (SSSR count). The molecule has 1 saturated heterocycles. The fourth-order valence-corrected chi connectivity index (χ4v) is 1.27. The van der Waals surface area contributed by atoms with E-state index < -0.39 is 6.67 Å². The number of rotatable bonds is 3. The van der Waals surface area contributed by atoms with Crippen molar-refractivity contribution in [1.82, 2.24) is 5.32 Å². The van der Waals surface area contributed by atoms with E-state index in [0.29, 0.717) is 13.2 Å². The Balaban J connectivity index is 2.20. The Morgan fingerprint density at radius 2 is 2.17 bits per heavy atom. The quantitative estimate of drug-likeness (QED) is 0.678. The number of halogens is 1. The SMILES string of the molecule is O=C(NCCF)C1CCOCC1. The first-order chi connectivity index (χ1) is 5.84. The van der Waals surface area contributed by atoms with E-state index in [0.717, 1.165) is 12.8 Å². The first kappa shape index (κ1) is 9.45. The van der Waals surface area contributed by atoms with Gasteiger partial charge in [0.25, 0.3) is 0 Å². The van der Waals surface area contributed by atoms with Gasteiger partial charge < -0.3 is 10.1 Å². The van der Waals surface area contributed by atoms with Crippen LogP contribution in [0, 0.1) is 5.92 Å². The van der Waals surface area contributed by atoms with Crippen molar-refractivity contribution in [3.8, 4) is 0 Å². The van der Waals surface area contributed by atoms with Gasteiger partial charge in [0.1, 0.15) is 6.67 Å². The summed E-state index contributed by atoms with van der Waals surface area (Å²) in [4.78, 5) is 11.2. The van der Waals surface area contributed by atoms with Gasteiger partial charge in [-0.2, -0.15) is 0 Å². The summed E-state index contributed by atoms with van der Waals surface area (Å²) in [5, 5.41) is 2.53. The summed E-state index contributed by atoms with van der Waals surface area (Å²) < 4.78 is 16.8. The number of carbonyl (C=O) groups is 1. The van der Waals surface area contributed by atoms with Gasteiger partial charge in [-0.1, -0.05) is 0 Å². The van der Waals surface area contributed by atoms with E-state index in [1.807, 2.05) is 0 Å². The molecular weight excluding hydrogens is 161 g/mol. The molecule has 0 atom stereocenters. The molecule has 0 spiro atoms. The molecule has 0 aromatic heterocycles. The van der Waals surface area contributed by atoms with Crippen molar-refractivity contribution in [3.63, 3.8) is 0 Å². The van der Waals surface area contributed by atoms with Crippen molar-refractivity contribution in [3.05, 3.63) is 0 Å². The second-order valence-electron chi connectivity index (χ2n) is 2.87. The van der Waals surface area contributed by atoms with Gasteiger partial charge in [0.05, 0.1) is 0 Å². The Bertz CT molecular complexity index is 146. The highest BCUT2D eigenvalue weighted by Crippen LogP contribution is 2.14. The summed E-state index contributed by atoms with van der Waals surface area (Å²) >= 11 is 0. The summed E-state index contributed by atoms with van der Waals surface area (Å²) in [5.74, 6) is 0.00116. The Labute approximate surface area is 71.3 Å². The number of carbonyl (C=O) groups excluding carboxylic acids is 1. The number of amides is 1. The number of nitrogens with one attached hydrogen (secondary N) is 1. The largest absolute Gasteiger partial charge is 0.381 e. The third-order valence-electron chi connectivity index (χ3n) is 1.99. The summed E-state index contributed by atoms with van der Waals surface area (Å²) in [6.07, 6.45) is 1.52. The molecule has 4 heteroatoms. The molecule has 1 aliphatic heterocycles. The molecule has 0 saturated carbocycles. The molecule has 0 aliphatic carbocycles. The van der Waals surface area contributed by atoms with Crippen LogP contribution in [0.1, 0.15) is 12.8 Å². The van der Waals surface area contributed by atoms with Crippen molar-refractivity contribution in [1.29, 1.82) is 0 Å². The van der Waals surface area contributed by atoms with Gasteiger partial charge in [-0.15, -0.1) is 0 Å². The molecule has 0 radical (unpaired) electrons. The molecule has 0 aromatic carbocycles. The van der Waals surface area contributed by atoms with Gasteiger partial charge in [0.15, 0.2) is 0 Å². The van der Waals surface area contributed by atoms with Crippen molar-refractivity contribution in [2.75, 3.05) is 26.4 Å². The van der Waals surface area contributed by atoms with Gasteiger partial charge in [-0.05, 0) is 12.8 Å². The molecule has 1 fully saturated rings. The number of hydrogen-bond acceptors (Lipinski definition) is 2. The third-order valence-corrected chi connectivity index (χ3v) is 1.99. The molecular formula is C8H14FNO2. The second kappa shape index (κ2) is 5.09. The maximum Gasteiger partial charge on any atom is 0.223 e. The molecule has 0 unspecified atom stereocenters. The average molecular weight is 175 g/mol. The van der Waals surface area contributed by atoms with Crippen LogP contribution >= 0.6 is 0 Å². The Hall–Kier alpha value is -0.640. The first-order valence-corrected chi connectivity index (χ1v) is 4.26. The standard InChI is InChI=1S/C8H14FNO2/c9-3-4-10-8(11)7-1-5-12-6-2-7/h7H,1-6H2,(H,10,11). The van der Waals surface area contributed by atoms with E-state index in [9.17, 15) is 9.18 Å². The fraction of sp³-hybridized carbons (Fsp3) is 0.875. The fourth-order valence-electron chi connectivity index (χ4n) is 1.27. The zero-order valence-electron chi connectivity index (χ0n) is 7.01. The van der Waals surface area contributed by atoms with Crippen LogP contribution in [0.3, 0.4) is 0 Å². The monoisotopic (exact) mass is 175 g/mol. The van der Waals surface area contributed by atoms with E-state index in [-0.39, 0.29) is 18.4 Å². The van der Waals surface area contributed by atoms with Gasteiger partial charge in [-0.3, -0.25) is 4.79 Å². The van der Waals surface area contributed by atoms with E-state index in [2.05, 4.69) is 5.32 Å². The van der Waals surface area contributed by atoms with Crippen molar-refractivity contribution >= 4 is 5.91 Å². The first-order valence-electron chi connectivity index (χ1n) is 4.26. The summed E-state index contributed by atoms with van der Waals surface area (Å²) in [5.41, 5.74) is 0. The van der Waals surface area contributed by atoms with Crippen LogP contribution in [0.15, 0.2) is 0 Å². The predicted molar refractivity (Wildman–Crippen MR) is 42.5 cm³/mol. The smallest absolute Gasteiger partial charge is 0.223 e. The van der Waals surface area contributed by atoms with E-state index in [4.69, 9.17) is 4.74 Å². The lowest BCUT2D eigenvalue weighted by atomic mass is 10.00. The lowest BCUT2D eigenvalue weighted by molar-refractivity contribution is -0.127. The molecule has 70 valence electrons. The van der Waals surface area contributed by atoms with Crippen molar-refractivity contribution in [2.45, 2.75) is 12.8 Å². The molecule has 1 N–H and O–H groups in total. The van der Waals surface area contributed by atoms with Crippen molar-refractivity contribution < 1.29 is 13.9 Å². The topological polar surface area (TPSA) is 38.3 Å². The number of hydrogen-bond donors (Lipinski definition) is 1. The predicted octanol–water partition coefficient (Wildman–Crippen LogP) is 0.499. The van der Waals surface area contributed by atoms with E-state index in [1.165, 1.54) is 0 Å². The number of ether oxygens (including phenoxy) is 1. The maximum atomic E-state index is 11.7. The van der Waals surface area contributed by atoms with Crippen LogP contribution in [0.5, 0.6) is 0 Å². The minimum absolute atomic E-state index is 0.0315. The molecule has 12 heavy (non-hydrogen) atoms. The second-order valence-corrected chi connectivity index (χ2v) is 2.87. The van der Waals surface area contributed by atoms with Gasteiger partial charge in [0, 0.05) is 25.7 Å². The van der Waals surface area contributed by atoms with Gasteiger partial charge in [-0.25, -0.2) is 4.39 Å². The molecule has 1 amide bonds. The lowest BCUT2D eigenvalue weighted by Gasteiger charge is -2.20. The highest BCUT2D eigenvalue weighted by atomic mass is 19.1. The Morgan fingerprint density at radius 3 is 2.75 bits per heavy atom. The minimum atomic E-state index is -0.491. The lowest BCUT2D eigenvalue weighted by Crippen LogP contribution is -2.35. The van der Waals surface area contributed by atoms with Crippen molar-refractivity contribution in [2.24, 2.45) is 5.92 Å². The van der Waals surface area contributed by atoms with E-state index in [1.54, 1.807) is 0 Å². The van der Waals surface area contributed by atoms with Crippen LogP contribution in [0.2, 0.25) is 0 Å². The molecule has 1 aliphatic rings. The molecule has 1 heterocycles. The van der Waals surface area contributed by atoms with Gasteiger partial charge in [0.2, 0.25) is 5.91 Å². The van der Waals surface area contributed by atoms with E-state index >= 15 is 0 Å². The Kier molecular flexibility index (Phi) is 4.00. The number of alkyl halides is 1. The zero-order valence-corrected chi connectivity index (χ0v) is 7.01. The van der Waals surface area contributed by atoms with Crippen LogP contribution < -0.4 is 5.32 Å². The zero-order chi connectivity index (χ0) is 8.81. The average Bonchev–Trinajstić information content (AvgIpc) is 2.15. The molecule has 0 aromatic rings. The minimum Gasteiger partial charge on any atom is -0.381 e. The molecule has 0 bridgehead atoms. The Morgan fingerprint density at radius 1 is 1.50 bits per heavy atom. The highest BCUT2D eigenvalue weighted by molar-refractivity contribution is 5.78. The summed E-state index contributed by atoms with van der Waals surface area (Å²) in [6, 6.07) is 0. The normalized spacial score (nSPS) is 19.1.